The normalized spacial score (nSPS) is 10.9. The van der Waals surface area contributed by atoms with Crippen molar-refractivity contribution in [2.45, 2.75) is 19.9 Å². The van der Waals surface area contributed by atoms with Crippen LogP contribution < -0.4 is 10.1 Å². The molecule has 0 aliphatic carbocycles. The van der Waals surface area contributed by atoms with Gasteiger partial charge in [-0.25, -0.2) is 0 Å². The predicted octanol–water partition coefficient (Wildman–Crippen LogP) is 3.45. The zero-order chi connectivity index (χ0) is 15.8. The summed E-state index contributed by atoms with van der Waals surface area (Å²) in [5.74, 6) is 0.299. The standard InChI is InChI=1S/C16H17BrN2O2/c1-4-7-21-15-6-5-12(9-14(15)17)8-13(10-18)16(20)19-11(2)3/h4-6,8-9,11H,1,7H2,2-3H3,(H,19,20). The Labute approximate surface area is 133 Å². The van der Waals surface area contributed by atoms with Gasteiger partial charge in [-0.1, -0.05) is 18.7 Å². The smallest absolute Gasteiger partial charge is 0.262 e. The van der Waals surface area contributed by atoms with E-state index in [4.69, 9.17) is 10.00 Å². The van der Waals surface area contributed by atoms with E-state index in [0.29, 0.717) is 12.4 Å². The molecule has 4 nitrogen and oxygen atoms in total. The molecule has 1 aromatic rings. The average molecular weight is 349 g/mol. The number of nitriles is 1. The first-order valence-electron chi connectivity index (χ1n) is 6.43. The fraction of sp³-hybridized carbons (Fsp3) is 0.250. The van der Waals surface area contributed by atoms with Crippen LogP contribution in [0.5, 0.6) is 5.75 Å². The van der Waals surface area contributed by atoms with Gasteiger partial charge in [-0.15, -0.1) is 0 Å². The van der Waals surface area contributed by atoms with Gasteiger partial charge in [0.25, 0.3) is 5.91 Å². The lowest BCUT2D eigenvalue weighted by atomic mass is 10.1. The zero-order valence-corrected chi connectivity index (χ0v) is 13.6. The van der Waals surface area contributed by atoms with Crippen molar-refractivity contribution >= 4 is 27.9 Å². The highest BCUT2D eigenvalue weighted by atomic mass is 79.9. The number of nitrogens with zero attached hydrogens (tertiary/aromatic N) is 1. The summed E-state index contributed by atoms with van der Waals surface area (Å²) in [7, 11) is 0. The van der Waals surface area contributed by atoms with E-state index in [1.165, 1.54) is 0 Å². The molecule has 0 unspecified atom stereocenters. The first kappa shape index (κ1) is 17.0. The number of carbonyl (C=O) groups excluding carboxylic acids is 1. The molecule has 5 heteroatoms. The summed E-state index contributed by atoms with van der Waals surface area (Å²) in [6.45, 7) is 7.68. The Morgan fingerprint density at radius 1 is 1.57 bits per heavy atom. The molecule has 0 saturated heterocycles. The minimum Gasteiger partial charge on any atom is -0.488 e. The molecule has 0 atom stereocenters. The molecule has 0 fully saturated rings. The van der Waals surface area contributed by atoms with Gasteiger partial charge < -0.3 is 10.1 Å². The van der Waals surface area contributed by atoms with Gasteiger partial charge in [-0.3, -0.25) is 4.79 Å². The first-order chi connectivity index (χ1) is 9.97. The number of hydrogen-bond donors (Lipinski definition) is 1. The van der Waals surface area contributed by atoms with Crippen LogP contribution >= 0.6 is 15.9 Å². The van der Waals surface area contributed by atoms with Crippen molar-refractivity contribution in [2.75, 3.05) is 6.61 Å². The Morgan fingerprint density at radius 3 is 2.81 bits per heavy atom. The lowest BCUT2D eigenvalue weighted by molar-refractivity contribution is -0.117. The maximum atomic E-state index is 11.8. The molecular weight excluding hydrogens is 332 g/mol. The van der Waals surface area contributed by atoms with E-state index in [9.17, 15) is 4.79 Å². The largest absolute Gasteiger partial charge is 0.488 e. The van der Waals surface area contributed by atoms with Crippen molar-refractivity contribution < 1.29 is 9.53 Å². The second-order valence-electron chi connectivity index (χ2n) is 4.59. The van der Waals surface area contributed by atoms with Crippen LogP contribution in [0.25, 0.3) is 6.08 Å². The van der Waals surface area contributed by atoms with E-state index in [0.717, 1.165) is 10.0 Å². The third-order valence-electron chi connectivity index (χ3n) is 2.41. The third kappa shape index (κ3) is 5.44. The lowest BCUT2D eigenvalue weighted by Crippen LogP contribution is -2.30. The fourth-order valence-electron chi connectivity index (χ4n) is 1.53. The lowest BCUT2D eigenvalue weighted by Gasteiger charge is -2.08. The molecule has 1 rings (SSSR count). The van der Waals surface area contributed by atoms with Gasteiger partial charge in [0.2, 0.25) is 0 Å². The number of amides is 1. The topological polar surface area (TPSA) is 62.1 Å². The second kappa shape index (κ2) is 8.28. The van der Waals surface area contributed by atoms with Crippen molar-refractivity contribution in [3.63, 3.8) is 0 Å². The Morgan fingerprint density at radius 2 is 2.29 bits per heavy atom. The van der Waals surface area contributed by atoms with Gasteiger partial charge in [-0.2, -0.15) is 5.26 Å². The molecular formula is C16H17BrN2O2. The van der Waals surface area contributed by atoms with Crippen molar-refractivity contribution in [2.24, 2.45) is 0 Å². The number of rotatable bonds is 6. The summed E-state index contributed by atoms with van der Waals surface area (Å²) in [6, 6.07) is 7.24. The van der Waals surface area contributed by atoms with Gasteiger partial charge in [0, 0.05) is 6.04 Å². The number of hydrogen-bond acceptors (Lipinski definition) is 3. The van der Waals surface area contributed by atoms with Gasteiger partial charge >= 0.3 is 0 Å². The molecule has 0 bridgehead atoms. The molecule has 21 heavy (non-hydrogen) atoms. The van der Waals surface area contributed by atoms with Crippen molar-refractivity contribution in [3.05, 3.63) is 46.5 Å². The summed E-state index contributed by atoms with van der Waals surface area (Å²) in [5, 5.41) is 11.8. The van der Waals surface area contributed by atoms with Crippen LogP contribution in [0.2, 0.25) is 0 Å². The van der Waals surface area contributed by atoms with E-state index in [1.807, 2.05) is 19.9 Å². The molecule has 0 radical (unpaired) electrons. The molecule has 0 aliphatic rings. The summed E-state index contributed by atoms with van der Waals surface area (Å²) in [4.78, 5) is 11.8. The van der Waals surface area contributed by atoms with Crippen LogP contribution in [-0.4, -0.2) is 18.6 Å². The molecule has 0 aliphatic heterocycles. The summed E-state index contributed by atoms with van der Waals surface area (Å²) in [6.07, 6.45) is 3.20. The molecule has 0 saturated carbocycles. The van der Waals surface area contributed by atoms with Crippen molar-refractivity contribution in [1.29, 1.82) is 5.26 Å². The predicted molar refractivity (Wildman–Crippen MR) is 86.7 cm³/mol. The van der Waals surface area contributed by atoms with E-state index < -0.39 is 0 Å². The van der Waals surface area contributed by atoms with E-state index in [2.05, 4.69) is 27.8 Å². The summed E-state index contributed by atoms with van der Waals surface area (Å²) in [5.41, 5.74) is 0.804. The Bertz CT molecular complexity index is 601. The van der Waals surface area contributed by atoms with Gasteiger partial charge in [0.05, 0.1) is 4.47 Å². The maximum Gasteiger partial charge on any atom is 0.262 e. The number of ether oxygens (including phenoxy) is 1. The average Bonchev–Trinajstić information content (AvgIpc) is 2.43. The SMILES string of the molecule is C=CCOc1ccc(C=C(C#N)C(=O)NC(C)C)cc1Br. The number of carbonyl (C=O) groups is 1. The number of benzene rings is 1. The van der Waals surface area contributed by atoms with Crippen LogP contribution in [0.3, 0.4) is 0 Å². The summed E-state index contributed by atoms with van der Waals surface area (Å²) < 4.78 is 6.19. The second-order valence-corrected chi connectivity index (χ2v) is 5.44. The third-order valence-corrected chi connectivity index (χ3v) is 3.03. The number of nitrogens with one attached hydrogen (secondary N) is 1. The molecule has 1 N–H and O–H groups in total. The highest BCUT2D eigenvalue weighted by Crippen LogP contribution is 2.27. The highest BCUT2D eigenvalue weighted by Gasteiger charge is 2.10. The molecule has 1 aromatic carbocycles. The fourth-order valence-corrected chi connectivity index (χ4v) is 2.04. The Kier molecular flexibility index (Phi) is 6.70. The molecule has 0 heterocycles. The van der Waals surface area contributed by atoms with Crippen LogP contribution in [0.4, 0.5) is 0 Å². The highest BCUT2D eigenvalue weighted by molar-refractivity contribution is 9.10. The minimum absolute atomic E-state index is 0.0179. The number of halogens is 1. The van der Waals surface area contributed by atoms with Gasteiger partial charge in [0.15, 0.2) is 0 Å². The van der Waals surface area contributed by atoms with Crippen LogP contribution in [-0.2, 0) is 4.79 Å². The van der Waals surface area contributed by atoms with Crippen molar-refractivity contribution in [1.82, 2.24) is 5.32 Å². The van der Waals surface area contributed by atoms with E-state index in [1.54, 1.807) is 30.4 Å². The quantitative estimate of drug-likeness (QED) is 0.486. The monoisotopic (exact) mass is 348 g/mol. The zero-order valence-electron chi connectivity index (χ0n) is 12.0. The van der Waals surface area contributed by atoms with Crippen LogP contribution in [0, 0.1) is 11.3 Å². The minimum atomic E-state index is -0.379. The van der Waals surface area contributed by atoms with Crippen LogP contribution in [0.15, 0.2) is 40.9 Å². The maximum absolute atomic E-state index is 11.8. The molecule has 0 aromatic heterocycles. The van der Waals surface area contributed by atoms with E-state index >= 15 is 0 Å². The van der Waals surface area contributed by atoms with Crippen molar-refractivity contribution in [3.8, 4) is 11.8 Å². The first-order valence-corrected chi connectivity index (χ1v) is 7.23. The van der Waals surface area contributed by atoms with Gasteiger partial charge in [-0.05, 0) is 53.5 Å². The molecule has 110 valence electrons. The Hall–Kier alpha value is -2.06. The van der Waals surface area contributed by atoms with E-state index in [-0.39, 0.29) is 17.5 Å². The van der Waals surface area contributed by atoms with Gasteiger partial charge in [0.1, 0.15) is 24.0 Å². The summed E-state index contributed by atoms with van der Waals surface area (Å²) >= 11 is 3.39. The Balaban J connectivity index is 2.97. The van der Waals surface area contributed by atoms with Crippen LogP contribution in [0.1, 0.15) is 19.4 Å². The molecule has 1 amide bonds. The molecule has 0 spiro atoms.